The highest BCUT2D eigenvalue weighted by atomic mass is 79.9. The number of carbonyl (C=O) groups excluding carboxylic acids is 2. The summed E-state index contributed by atoms with van der Waals surface area (Å²) >= 11 is 3.06. The number of halogens is 2. The summed E-state index contributed by atoms with van der Waals surface area (Å²) in [5, 5.41) is 12.1. The van der Waals surface area contributed by atoms with Crippen molar-refractivity contribution in [2.75, 3.05) is 18.4 Å². The van der Waals surface area contributed by atoms with Gasteiger partial charge in [-0.05, 0) is 59.1 Å². The van der Waals surface area contributed by atoms with Gasteiger partial charge in [0.25, 0.3) is 0 Å². The van der Waals surface area contributed by atoms with Crippen molar-refractivity contribution in [3.05, 3.63) is 52.9 Å². The third kappa shape index (κ3) is 5.36. The number of aliphatic imine (C=N–C) groups is 1. The van der Waals surface area contributed by atoms with Crippen molar-refractivity contribution in [1.82, 2.24) is 15.4 Å². The number of nitrogens with one attached hydrogen (secondary N) is 2. The van der Waals surface area contributed by atoms with E-state index >= 15 is 0 Å². The van der Waals surface area contributed by atoms with Crippen LogP contribution in [0.5, 0.6) is 0 Å². The highest BCUT2D eigenvalue weighted by molar-refractivity contribution is 9.10. The standard InChI is InChI=1S/C19H19BrFN5O3/c20-14-11-13(4-5-15(14)21)23-18(25-29)17(27)12-6-9-26(10-7-12)19(28)24-16-3-1-2-8-22-16/h1-5,8,11-12,29H,6-7,9-10H2,(H,23,25)(H,22,24,28). The number of amides is 2. The van der Waals surface area contributed by atoms with Gasteiger partial charge in [-0.3, -0.25) is 15.3 Å². The van der Waals surface area contributed by atoms with Crippen LogP contribution >= 0.6 is 15.9 Å². The molecule has 8 nitrogen and oxygen atoms in total. The molecule has 0 bridgehead atoms. The maximum Gasteiger partial charge on any atom is 0.323 e. The normalized spacial score (nSPS) is 15.1. The topological polar surface area (TPSA) is 107 Å². The van der Waals surface area contributed by atoms with Crippen LogP contribution in [0, 0.1) is 11.7 Å². The van der Waals surface area contributed by atoms with Gasteiger partial charge in [0.15, 0.2) is 5.84 Å². The van der Waals surface area contributed by atoms with Crippen molar-refractivity contribution in [2.45, 2.75) is 12.8 Å². The Hall–Kier alpha value is -2.85. The van der Waals surface area contributed by atoms with Crippen LogP contribution < -0.4 is 10.8 Å². The Balaban J connectivity index is 1.60. The smallest absolute Gasteiger partial charge is 0.323 e. The van der Waals surface area contributed by atoms with E-state index in [4.69, 9.17) is 0 Å². The zero-order valence-corrected chi connectivity index (χ0v) is 16.9. The molecule has 29 heavy (non-hydrogen) atoms. The van der Waals surface area contributed by atoms with Crippen molar-refractivity contribution in [3.63, 3.8) is 0 Å². The number of hydrogen-bond donors (Lipinski definition) is 3. The average molecular weight is 464 g/mol. The Morgan fingerprint density at radius 2 is 2.00 bits per heavy atom. The summed E-state index contributed by atoms with van der Waals surface area (Å²) in [7, 11) is 0. The predicted octanol–water partition coefficient (Wildman–Crippen LogP) is 3.51. The monoisotopic (exact) mass is 463 g/mol. The van der Waals surface area contributed by atoms with Crippen LogP contribution in [-0.4, -0.2) is 45.8 Å². The fourth-order valence-electron chi connectivity index (χ4n) is 2.98. The number of ketones is 1. The quantitative estimate of drug-likeness (QED) is 0.365. The highest BCUT2D eigenvalue weighted by Gasteiger charge is 2.30. The summed E-state index contributed by atoms with van der Waals surface area (Å²) in [5.74, 6) is -0.973. The number of likely N-dealkylation sites (tertiary alicyclic amines) is 1. The summed E-state index contributed by atoms with van der Waals surface area (Å²) in [5.41, 5.74) is 2.15. The van der Waals surface area contributed by atoms with E-state index < -0.39 is 11.7 Å². The molecule has 152 valence electrons. The molecule has 0 unspecified atom stereocenters. The summed E-state index contributed by atoms with van der Waals surface area (Å²) in [4.78, 5) is 34.7. The summed E-state index contributed by atoms with van der Waals surface area (Å²) in [6.45, 7) is 0.770. The van der Waals surface area contributed by atoms with E-state index in [1.54, 1.807) is 29.3 Å². The number of amidine groups is 1. The van der Waals surface area contributed by atoms with Gasteiger partial charge < -0.3 is 4.90 Å². The van der Waals surface area contributed by atoms with Crippen LogP contribution in [0.1, 0.15) is 12.8 Å². The number of benzene rings is 1. The molecule has 2 heterocycles. The van der Waals surface area contributed by atoms with Crippen LogP contribution in [0.3, 0.4) is 0 Å². The predicted molar refractivity (Wildman–Crippen MR) is 109 cm³/mol. The molecule has 3 N–H and O–H groups in total. The molecular formula is C19H19BrFN5O3. The van der Waals surface area contributed by atoms with E-state index in [-0.39, 0.29) is 22.1 Å². The molecule has 10 heteroatoms. The van der Waals surface area contributed by atoms with Crippen molar-refractivity contribution in [2.24, 2.45) is 10.9 Å². The first-order chi connectivity index (χ1) is 14.0. The largest absolute Gasteiger partial charge is 0.324 e. The molecule has 0 aliphatic carbocycles. The lowest BCUT2D eigenvalue weighted by Gasteiger charge is -2.31. The number of hydroxylamine groups is 1. The molecule has 1 aromatic heterocycles. The van der Waals surface area contributed by atoms with E-state index in [2.05, 4.69) is 31.2 Å². The molecule has 1 aromatic carbocycles. The number of hydrogen-bond acceptors (Lipinski definition) is 5. The zero-order valence-electron chi connectivity index (χ0n) is 15.3. The van der Waals surface area contributed by atoms with E-state index in [9.17, 15) is 19.2 Å². The first kappa shape index (κ1) is 20.9. The second-order valence-electron chi connectivity index (χ2n) is 6.44. The Labute approximate surface area is 174 Å². The SMILES string of the molecule is O=C(C(=Nc1ccc(F)c(Br)c1)NO)C1CCN(C(=O)Nc2ccccn2)CC1. The lowest BCUT2D eigenvalue weighted by Crippen LogP contribution is -2.44. The molecule has 0 saturated carbocycles. The lowest BCUT2D eigenvalue weighted by molar-refractivity contribution is -0.118. The van der Waals surface area contributed by atoms with Gasteiger partial charge in [-0.25, -0.2) is 24.6 Å². The van der Waals surface area contributed by atoms with Gasteiger partial charge in [0, 0.05) is 25.2 Å². The Kier molecular flexibility index (Phi) is 6.89. The van der Waals surface area contributed by atoms with Crippen molar-refractivity contribution >= 4 is 45.1 Å². The van der Waals surface area contributed by atoms with Gasteiger partial charge in [-0.15, -0.1) is 0 Å². The Morgan fingerprint density at radius 1 is 1.24 bits per heavy atom. The summed E-state index contributed by atoms with van der Waals surface area (Å²) < 4.78 is 13.5. The van der Waals surface area contributed by atoms with E-state index in [1.165, 1.54) is 18.2 Å². The van der Waals surface area contributed by atoms with Gasteiger partial charge in [0.1, 0.15) is 11.6 Å². The number of anilines is 1. The maximum absolute atomic E-state index is 13.3. The molecule has 0 spiro atoms. The van der Waals surface area contributed by atoms with Crippen molar-refractivity contribution < 1.29 is 19.2 Å². The third-order valence-corrected chi connectivity index (χ3v) is 5.14. The molecule has 1 fully saturated rings. The van der Waals surface area contributed by atoms with Crippen LogP contribution in [-0.2, 0) is 4.79 Å². The second kappa shape index (κ2) is 9.57. The van der Waals surface area contributed by atoms with Gasteiger partial charge >= 0.3 is 6.03 Å². The average Bonchev–Trinajstić information content (AvgIpc) is 2.75. The summed E-state index contributed by atoms with van der Waals surface area (Å²) in [6.07, 6.45) is 2.45. The number of nitrogens with zero attached hydrogens (tertiary/aromatic N) is 3. The van der Waals surface area contributed by atoms with Gasteiger partial charge in [-0.1, -0.05) is 6.07 Å². The van der Waals surface area contributed by atoms with Crippen molar-refractivity contribution in [1.29, 1.82) is 0 Å². The Morgan fingerprint density at radius 3 is 2.62 bits per heavy atom. The van der Waals surface area contributed by atoms with E-state index in [0.29, 0.717) is 37.4 Å². The fraction of sp³-hybridized carbons (Fsp3) is 0.263. The number of Topliss-reactive ketones (excluding diaryl/α,β-unsaturated/α-hetero) is 1. The molecule has 1 saturated heterocycles. The molecule has 2 aromatic rings. The number of urea groups is 1. The third-order valence-electron chi connectivity index (χ3n) is 4.54. The highest BCUT2D eigenvalue weighted by Crippen LogP contribution is 2.24. The number of aromatic nitrogens is 1. The van der Waals surface area contributed by atoms with Gasteiger partial charge in [0.2, 0.25) is 5.78 Å². The molecule has 1 aliphatic heterocycles. The minimum Gasteiger partial charge on any atom is -0.324 e. The minimum atomic E-state index is -0.454. The molecular weight excluding hydrogens is 445 g/mol. The molecule has 0 atom stereocenters. The number of pyridine rings is 1. The molecule has 0 radical (unpaired) electrons. The molecule has 3 rings (SSSR count). The van der Waals surface area contributed by atoms with Gasteiger partial charge in [0.05, 0.1) is 10.2 Å². The maximum atomic E-state index is 13.3. The number of carbonyl (C=O) groups is 2. The lowest BCUT2D eigenvalue weighted by atomic mass is 9.92. The van der Waals surface area contributed by atoms with Crippen molar-refractivity contribution in [3.8, 4) is 0 Å². The van der Waals surface area contributed by atoms with Crippen LogP contribution in [0.15, 0.2) is 52.1 Å². The summed E-state index contributed by atoms with van der Waals surface area (Å²) in [6, 6.07) is 8.96. The zero-order chi connectivity index (χ0) is 20.8. The molecule has 1 aliphatic rings. The first-order valence-electron chi connectivity index (χ1n) is 8.93. The number of piperidine rings is 1. The van der Waals surface area contributed by atoms with Gasteiger partial charge in [-0.2, -0.15) is 0 Å². The Bertz CT molecular complexity index is 917. The fourth-order valence-corrected chi connectivity index (χ4v) is 3.35. The van der Waals surface area contributed by atoms with E-state index in [0.717, 1.165) is 0 Å². The second-order valence-corrected chi connectivity index (χ2v) is 7.30. The molecule has 2 amide bonds. The minimum absolute atomic E-state index is 0.204. The van der Waals surface area contributed by atoms with Crippen LogP contribution in [0.4, 0.5) is 20.7 Å². The van der Waals surface area contributed by atoms with Crippen LogP contribution in [0.2, 0.25) is 0 Å². The number of rotatable bonds is 4. The van der Waals surface area contributed by atoms with E-state index in [1.807, 2.05) is 5.48 Å². The first-order valence-corrected chi connectivity index (χ1v) is 9.72. The van der Waals surface area contributed by atoms with Crippen LogP contribution in [0.25, 0.3) is 0 Å².